The van der Waals surface area contributed by atoms with E-state index in [1.165, 1.54) is 19.2 Å². The van der Waals surface area contributed by atoms with E-state index in [2.05, 4.69) is 17.2 Å². The average molecular weight is 610 g/mol. The van der Waals surface area contributed by atoms with E-state index in [1.807, 2.05) is 41.0 Å². The molecule has 8 nitrogen and oxygen atoms in total. The van der Waals surface area contributed by atoms with Crippen LogP contribution in [0, 0.1) is 5.92 Å². The number of alkyl halides is 3. The van der Waals surface area contributed by atoms with Crippen molar-refractivity contribution in [1.82, 2.24) is 20.2 Å². The first-order valence-electron chi connectivity index (χ1n) is 15.3. The summed E-state index contributed by atoms with van der Waals surface area (Å²) in [5, 5.41) is 3.38. The summed E-state index contributed by atoms with van der Waals surface area (Å²) in [4.78, 5) is 27.3. The van der Waals surface area contributed by atoms with Crippen molar-refractivity contribution in [1.29, 1.82) is 0 Å². The molecule has 0 aliphatic carbocycles. The molecule has 0 radical (unpaired) electrons. The molecule has 5 heterocycles. The van der Waals surface area contributed by atoms with Crippen molar-refractivity contribution < 1.29 is 27.4 Å². The highest BCUT2D eigenvalue weighted by molar-refractivity contribution is 5.96. The Morgan fingerprint density at radius 1 is 1.14 bits per heavy atom. The van der Waals surface area contributed by atoms with Gasteiger partial charge < -0.3 is 24.6 Å². The number of carbonyl (C=O) groups is 1. The van der Waals surface area contributed by atoms with Gasteiger partial charge >= 0.3 is 6.18 Å². The van der Waals surface area contributed by atoms with E-state index < -0.39 is 17.2 Å². The smallest absolute Gasteiger partial charge is 0.421 e. The first-order chi connectivity index (χ1) is 21.2. The van der Waals surface area contributed by atoms with E-state index in [0.717, 1.165) is 24.9 Å². The molecule has 44 heavy (non-hydrogen) atoms. The van der Waals surface area contributed by atoms with Gasteiger partial charge in [0.05, 0.1) is 30.7 Å². The quantitative estimate of drug-likeness (QED) is 0.376. The second kappa shape index (κ2) is 11.9. The highest BCUT2D eigenvalue weighted by Gasteiger charge is 2.52. The fourth-order valence-electron chi connectivity index (χ4n) is 7.42. The Kier molecular flexibility index (Phi) is 8.17. The van der Waals surface area contributed by atoms with E-state index in [1.54, 1.807) is 12.3 Å². The number of amides is 1. The molecule has 1 amide bonds. The first kappa shape index (κ1) is 30.2. The lowest BCUT2D eigenvalue weighted by molar-refractivity contribution is -0.138. The lowest BCUT2D eigenvalue weighted by Crippen LogP contribution is -2.61. The molecule has 11 heteroatoms. The number of rotatable bonds is 7. The van der Waals surface area contributed by atoms with Crippen LogP contribution in [0.15, 0.2) is 48.7 Å². The maximum Gasteiger partial charge on any atom is 0.421 e. The maximum absolute atomic E-state index is 14.3. The van der Waals surface area contributed by atoms with Crippen LogP contribution in [0.2, 0.25) is 0 Å². The third kappa shape index (κ3) is 5.14. The molecule has 3 aromatic rings. The predicted octanol–water partition coefficient (Wildman–Crippen LogP) is 5.56. The van der Waals surface area contributed by atoms with E-state index in [4.69, 9.17) is 14.5 Å². The summed E-state index contributed by atoms with van der Waals surface area (Å²) in [7, 11) is 1.26. The number of ether oxygens (including phenoxy) is 2. The summed E-state index contributed by atoms with van der Waals surface area (Å²) in [6.45, 7) is 7.27. The summed E-state index contributed by atoms with van der Waals surface area (Å²) in [5.74, 6) is 0.135. The second-order valence-corrected chi connectivity index (χ2v) is 11.8. The topological polar surface area (TPSA) is 79.8 Å². The van der Waals surface area contributed by atoms with Crippen LogP contribution in [0.25, 0.3) is 11.3 Å². The van der Waals surface area contributed by atoms with Crippen molar-refractivity contribution in [3.8, 4) is 22.9 Å². The van der Waals surface area contributed by atoms with Crippen LogP contribution < -0.4 is 19.7 Å². The number of piperidine rings is 1. The van der Waals surface area contributed by atoms with Crippen LogP contribution in [0.1, 0.15) is 54.7 Å². The van der Waals surface area contributed by atoms with E-state index in [9.17, 15) is 18.0 Å². The molecule has 0 bridgehead atoms. The molecule has 1 spiro atoms. The zero-order valence-corrected chi connectivity index (χ0v) is 25.3. The Morgan fingerprint density at radius 3 is 2.68 bits per heavy atom. The van der Waals surface area contributed by atoms with Crippen molar-refractivity contribution in [3.05, 3.63) is 65.5 Å². The molecule has 2 aromatic heterocycles. The lowest BCUT2D eigenvalue weighted by Gasteiger charge is -2.54. The Morgan fingerprint density at radius 2 is 1.98 bits per heavy atom. The van der Waals surface area contributed by atoms with Gasteiger partial charge in [0, 0.05) is 43.8 Å². The SMILES string of the molecule is CCOc1ncccc1-c1ccc2c(n1)C(=O)N(C1CCNC1)C[C@]21CCN(c2cccc(OC)c2C(F)(F)F)C[C@H]1CC. The monoisotopic (exact) mass is 609 g/mol. The van der Waals surface area contributed by atoms with Gasteiger partial charge in [-0.05, 0) is 68.1 Å². The molecule has 0 saturated carbocycles. The van der Waals surface area contributed by atoms with Gasteiger partial charge in [0.25, 0.3) is 5.91 Å². The Balaban J connectivity index is 1.44. The van der Waals surface area contributed by atoms with E-state index in [0.29, 0.717) is 62.0 Å². The van der Waals surface area contributed by atoms with Crippen LogP contribution in [-0.2, 0) is 11.6 Å². The number of methoxy groups -OCH3 is 1. The third-order valence-electron chi connectivity index (χ3n) is 9.54. The molecule has 234 valence electrons. The Hall–Kier alpha value is -3.86. The Bertz CT molecular complexity index is 1530. The Labute approximate surface area is 255 Å². The fraction of sp³-hybridized carbons (Fsp3) is 0.485. The van der Waals surface area contributed by atoms with Gasteiger partial charge in [-0.25, -0.2) is 9.97 Å². The number of fused-ring (bicyclic) bond motifs is 2. The van der Waals surface area contributed by atoms with Crippen LogP contribution in [-0.4, -0.2) is 73.3 Å². The highest BCUT2D eigenvalue weighted by atomic mass is 19.4. The number of nitrogens with one attached hydrogen (secondary N) is 1. The van der Waals surface area contributed by atoms with Gasteiger partial charge in [-0.3, -0.25) is 4.79 Å². The molecule has 3 atom stereocenters. The number of pyridine rings is 2. The van der Waals surface area contributed by atoms with Gasteiger partial charge in [0.2, 0.25) is 5.88 Å². The lowest BCUT2D eigenvalue weighted by atomic mass is 9.62. The van der Waals surface area contributed by atoms with Crippen LogP contribution in [0.5, 0.6) is 11.6 Å². The average Bonchev–Trinajstić information content (AvgIpc) is 3.57. The van der Waals surface area contributed by atoms with Gasteiger partial charge in [0.1, 0.15) is 17.0 Å². The molecule has 2 fully saturated rings. The molecule has 1 unspecified atom stereocenters. The number of halogens is 3. The second-order valence-electron chi connectivity index (χ2n) is 11.8. The molecule has 1 N–H and O–H groups in total. The molecule has 6 rings (SSSR count). The van der Waals surface area contributed by atoms with Crippen LogP contribution in [0.3, 0.4) is 0 Å². The van der Waals surface area contributed by atoms with Gasteiger partial charge in [0.15, 0.2) is 0 Å². The zero-order chi connectivity index (χ0) is 31.1. The van der Waals surface area contributed by atoms with Crippen LogP contribution in [0.4, 0.5) is 18.9 Å². The molecule has 2 saturated heterocycles. The number of aromatic nitrogens is 2. The number of anilines is 1. The molecule has 3 aliphatic heterocycles. The van der Waals surface area contributed by atoms with Gasteiger partial charge in [-0.2, -0.15) is 13.2 Å². The summed E-state index contributed by atoms with van der Waals surface area (Å²) < 4.78 is 53.9. The van der Waals surface area contributed by atoms with Gasteiger partial charge in [-0.1, -0.05) is 25.5 Å². The van der Waals surface area contributed by atoms with Crippen molar-refractivity contribution in [2.45, 2.75) is 50.7 Å². The molecular formula is C33H38F3N5O3. The summed E-state index contributed by atoms with van der Waals surface area (Å²) in [6, 6.07) is 12.1. The van der Waals surface area contributed by atoms with Crippen molar-refractivity contribution in [3.63, 3.8) is 0 Å². The van der Waals surface area contributed by atoms with Gasteiger partial charge in [-0.15, -0.1) is 0 Å². The number of benzene rings is 1. The minimum atomic E-state index is -4.57. The first-order valence-corrected chi connectivity index (χ1v) is 15.3. The minimum Gasteiger partial charge on any atom is -0.496 e. The standard InChI is InChI=1S/C33H38F3N5O3/c1-4-21-19-40(26-9-6-10-27(43-3)28(26)33(34,35)36)17-14-32(21)20-41(22-13-16-37-18-22)31(42)29-24(32)11-12-25(39-29)23-8-7-15-38-30(23)44-5-2/h6-12,15,21-22,37H,4-5,13-14,16-20H2,1-3H3/t21-,22?,32+/m1/s1. The molecular weight excluding hydrogens is 571 g/mol. The normalized spacial score (nSPS) is 23.6. The van der Waals surface area contributed by atoms with E-state index in [-0.39, 0.29) is 29.3 Å². The zero-order valence-electron chi connectivity index (χ0n) is 25.3. The molecule has 1 aromatic carbocycles. The predicted molar refractivity (Wildman–Crippen MR) is 161 cm³/mol. The summed E-state index contributed by atoms with van der Waals surface area (Å²) in [6.07, 6.45) is -0.758. The number of hydrogen-bond donors (Lipinski definition) is 1. The summed E-state index contributed by atoms with van der Waals surface area (Å²) in [5.41, 5.74) is 1.52. The van der Waals surface area contributed by atoms with Crippen molar-refractivity contribution in [2.24, 2.45) is 5.92 Å². The third-order valence-corrected chi connectivity index (χ3v) is 9.54. The highest BCUT2D eigenvalue weighted by Crippen LogP contribution is 2.50. The maximum atomic E-state index is 14.3. The van der Waals surface area contributed by atoms with E-state index >= 15 is 0 Å². The van der Waals surface area contributed by atoms with Crippen molar-refractivity contribution in [2.75, 3.05) is 51.3 Å². The number of nitrogens with zero attached hydrogens (tertiary/aromatic N) is 4. The largest absolute Gasteiger partial charge is 0.496 e. The van der Waals surface area contributed by atoms with Crippen molar-refractivity contribution >= 4 is 11.6 Å². The number of carbonyl (C=O) groups excluding carboxylic acids is 1. The van der Waals surface area contributed by atoms with Crippen LogP contribution >= 0.6 is 0 Å². The minimum absolute atomic E-state index is 0.0288. The molecule has 3 aliphatic rings. The summed E-state index contributed by atoms with van der Waals surface area (Å²) >= 11 is 0. The number of hydrogen-bond acceptors (Lipinski definition) is 7. The fourth-order valence-corrected chi connectivity index (χ4v) is 7.42.